The minimum atomic E-state index is -0.545. The zero-order valence-electron chi connectivity index (χ0n) is 15.8. The van der Waals surface area contributed by atoms with Crippen molar-refractivity contribution in [2.45, 2.75) is 26.8 Å². The van der Waals surface area contributed by atoms with Gasteiger partial charge in [-0.1, -0.05) is 18.2 Å². The quantitative estimate of drug-likeness (QED) is 0.775. The molecule has 0 fully saturated rings. The molecule has 6 heteroatoms. The van der Waals surface area contributed by atoms with Crippen LogP contribution >= 0.6 is 0 Å². The maximum atomic E-state index is 13.0. The van der Waals surface area contributed by atoms with Gasteiger partial charge in [0.25, 0.3) is 5.91 Å². The van der Waals surface area contributed by atoms with E-state index in [-0.39, 0.29) is 11.9 Å². The molecule has 0 saturated carbocycles. The minimum Gasteiger partial charge on any atom is -0.497 e. The second-order valence-electron chi connectivity index (χ2n) is 6.60. The van der Waals surface area contributed by atoms with Gasteiger partial charge >= 0.3 is 6.03 Å². The van der Waals surface area contributed by atoms with Gasteiger partial charge in [0.05, 0.1) is 18.7 Å². The van der Waals surface area contributed by atoms with Crippen LogP contribution in [0.3, 0.4) is 0 Å². The summed E-state index contributed by atoms with van der Waals surface area (Å²) >= 11 is 0. The molecule has 3 N–H and O–H groups in total. The average molecular weight is 365 g/mol. The number of amides is 3. The normalized spacial score (nSPS) is 16.4. The molecule has 2 aromatic rings. The van der Waals surface area contributed by atoms with Crippen LogP contribution < -0.4 is 20.7 Å². The van der Waals surface area contributed by atoms with Gasteiger partial charge < -0.3 is 20.7 Å². The number of aryl methyl sites for hydroxylation is 2. The first-order valence-corrected chi connectivity index (χ1v) is 8.70. The predicted molar refractivity (Wildman–Crippen MR) is 105 cm³/mol. The summed E-state index contributed by atoms with van der Waals surface area (Å²) in [6.45, 7) is 5.75. The second kappa shape index (κ2) is 7.53. The number of methoxy groups -OCH3 is 1. The van der Waals surface area contributed by atoms with Crippen molar-refractivity contribution in [1.29, 1.82) is 0 Å². The summed E-state index contributed by atoms with van der Waals surface area (Å²) in [5, 5.41) is 8.45. The van der Waals surface area contributed by atoms with Gasteiger partial charge in [0.1, 0.15) is 5.75 Å². The molecule has 0 radical (unpaired) electrons. The molecule has 0 aromatic heterocycles. The third-order valence-corrected chi connectivity index (χ3v) is 4.73. The number of urea groups is 1. The van der Waals surface area contributed by atoms with Crippen LogP contribution in [0.1, 0.15) is 29.7 Å². The molecular weight excluding hydrogens is 342 g/mol. The monoisotopic (exact) mass is 365 g/mol. The van der Waals surface area contributed by atoms with Gasteiger partial charge in [0.2, 0.25) is 0 Å². The van der Waals surface area contributed by atoms with Gasteiger partial charge in [0.15, 0.2) is 0 Å². The first-order chi connectivity index (χ1) is 12.9. The molecule has 0 unspecified atom stereocenters. The number of carbonyl (C=O) groups excluding carboxylic acids is 2. The fourth-order valence-electron chi connectivity index (χ4n) is 3.06. The van der Waals surface area contributed by atoms with E-state index in [1.165, 1.54) is 0 Å². The highest BCUT2D eigenvalue weighted by Gasteiger charge is 2.31. The number of nitrogens with one attached hydrogen (secondary N) is 3. The lowest BCUT2D eigenvalue weighted by molar-refractivity contribution is -0.113. The van der Waals surface area contributed by atoms with E-state index in [9.17, 15) is 9.59 Å². The lowest BCUT2D eigenvalue weighted by atomic mass is 9.94. The molecule has 1 atom stereocenters. The van der Waals surface area contributed by atoms with Gasteiger partial charge in [-0.2, -0.15) is 0 Å². The molecule has 2 aromatic carbocycles. The number of hydrogen-bond donors (Lipinski definition) is 3. The molecule has 1 heterocycles. The van der Waals surface area contributed by atoms with Crippen LogP contribution in [-0.2, 0) is 4.79 Å². The van der Waals surface area contributed by atoms with E-state index >= 15 is 0 Å². The molecule has 3 rings (SSSR count). The third kappa shape index (κ3) is 3.95. The highest BCUT2D eigenvalue weighted by Crippen LogP contribution is 2.29. The molecule has 1 aliphatic heterocycles. The Bertz CT molecular complexity index is 917. The Kier molecular flexibility index (Phi) is 5.16. The molecular formula is C21H23N3O3. The maximum absolute atomic E-state index is 13.0. The van der Waals surface area contributed by atoms with Crippen molar-refractivity contribution in [2.24, 2.45) is 0 Å². The molecule has 0 saturated heterocycles. The fourth-order valence-corrected chi connectivity index (χ4v) is 3.06. The van der Waals surface area contributed by atoms with Crippen molar-refractivity contribution in [3.05, 3.63) is 70.4 Å². The summed E-state index contributed by atoms with van der Waals surface area (Å²) in [4.78, 5) is 25.0. The average Bonchev–Trinajstić information content (AvgIpc) is 2.64. The maximum Gasteiger partial charge on any atom is 0.319 e. The Balaban J connectivity index is 1.92. The van der Waals surface area contributed by atoms with Gasteiger partial charge in [-0.3, -0.25) is 4.79 Å². The second-order valence-corrected chi connectivity index (χ2v) is 6.60. The van der Waals surface area contributed by atoms with Crippen molar-refractivity contribution in [3.8, 4) is 5.75 Å². The number of carbonyl (C=O) groups is 2. The zero-order chi connectivity index (χ0) is 19.6. The summed E-state index contributed by atoms with van der Waals surface area (Å²) in [5.41, 5.74) is 4.77. The Morgan fingerprint density at radius 2 is 1.74 bits per heavy atom. The van der Waals surface area contributed by atoms with Gasteiger partial charge in [-0.05, 0) is 61.7 Å². The lowest BCUT2D eigenvalue weighted by Gasteiger charge is -2.28. The first-order valence-electron chi connectivity index (χ1n) is 8.70. The molecule has 0 bridgehead atoms. The van der Waals surface area contributed by atoms with E-state index in [0.717, 1.165) is 16.7 Å². The van der Waals surface area contributed by atoms with Crippen molar-refractivity contribution in [3.63, 3.8) is 0 Å². The molecule has 140 valence electrons. The number of benzene rings is 2. The van der Waals surface area contributed by atoms with Crippen LogP contribution in [-0.4, -0.2) is 19.0 Å². The fraction of sp³-hybridized carbons (Fsp3) is 0.238. The van der Waals surface area contributed by atoms with E-state index in [4.69, 9.17) is 4.74 Å². The standard InChI is InChI=1S/C21H23N3O3/c1-12-5-8-16(11-13(12)2)23-20(25)18-14(3)22-21(26)24-19(18)15-6-9-17(27-4)10-7-15/h5-11,19H,1-4H3,(H,23,25)(H2,22,24,26)/t19-/m1/s1. The number of anilines is 1. The van der Waals surface area contributed by atoms with E-state index < -0.39 is 6.04 Å². The Morgan fingerprint density at radius 3 is 2.37 bits per heavy atom. The summed E-state index contributed by atoms with van der Waals surface area (Å²) in [5.74, 6) is 0.449. The predicted octanol–water partition coefficient (Wildman–Crippen LogP) is 3.58. The summed E-state index contributed by atoms with van der Waals surface area (Å²) < 4.78 is 5.18. The molecule has 1 aliphatic rings. The topological polar surface area (TPSA) is 79.5 Å². The lowest BCUT2D eigenvalue weighted by Crippen LogP contribution is -2.45. The Labute approximate surface area is 158 Å². The summed E-state index contributed by atoms with van der Waals surface area (Å²) in [6.07, 6.45) is 0. The number of hydrogen-bond acceptors (Lipinski definition) is 3. The van der Waals surface area contributed by atoms with E-state index in [1.807, 2.05) is 44.2 Å². The molecule has 6 nitrogen and oxygen atoms in total. The largest absolute Gasteiger partial charge is 0.497 e. The van der Waals surface area contributed by atoms with Crippen LogP contribution in [0.25, 0.3) is 0 Å². The molecule has 3 amide bonds. The Hall–Kier alpha value is -3.28. The van der Waals surface area contributed by atoms with Crippen molar-refractivity contribution < 1.29 is 14.3 Å². The van der Waals surface area contributed by atoms with Crippen molar-refractivity contribution >= 4 is 17.6 Å². The number of allylic oxidation sites excluding steroid dienone is 1. The van der Waals surface area contributed by atoms with E-state index in [2.05, 4.69) is 16.0 Å². The van der Waals surface area contributed by atoms with Crippen molar-refractivity contribution in [1.82, 2.24) is 10.6 Å². The molecule has 27 heavy (non-hydrogen) atoms. The highest BCUT2D eigenvalue weighted by atomic mass is 16.5. The number of ether oxygens (including phenoxy) is 1. The third-order valence-electron chi connectivity index (χ3n) is 4.73. The van der Waals surface area contributed by atoms with Gasteiger partial charge in [-0.25, -0.2) is 4.79 Å². The smallest absolute Gasteiger partial charge is 0.319 e. The van der Waals surface area contributed by atoms with Crippen molar-refractivity contribution in [2.75, 3.05) is 12.4 Å². The molecule has 0 aliphatic carbocycles. The highest BCUT2D eigenvalue weighted by molar-refractivity contribution is 6.06. The van der Waals surface area contributed by atoms with Gasteiger partial charge in [-0.15, -0.1) is 0 Å². The SMILES string of the molecule is COc1ccc([C@H]2NC(=O)NC(C)=C2C(=O)Nc2ccc(C)c(C)c2)cc1. The van der Waals surface area contributed by atoms with Crippen LogP contribution in [0.5, 0.6) is 5.75 Å². The minimum absolute atomic E-state index is 0.260. The van der Waals surface area contributed by atoms with E-state index in [0.29, 0.717) is 22.7 Å². The summed E-state index contributed by atoms with van der Waals surface area (Å²) in [6, 6.07) is 12.2. The Morgan fingerprint density at radius 1 is 1.04 bits per heavy atom. The number of rotatable bonds is 4. The van der Waals surface area contributed by atoms with E-state index in [1.54, 1.807) is 26.2 Å². The zero-order valence-corrected chi connectivity index (χ0v) is 15.8. The van der Waals surface area contributed by atoms with Crippen LogP contribution in [0.15, 0.2) is 53.7 Å². The van der Waals surface area contributed by atoms with Gasteiger partial charge in [0, 0.05) is 11.4 Å². The van der Waals surface area contributed by atoms with Crippen LogP contribution in [0.4, 0.5) is 10.5 Å². The summed E-state index contributed by atoms with van der Waals surface area (Å²) in [7, 11) is 1.59. The van der Waals surface area contributed by atoms with Crippen LogP contribution in [0.2, 0.25) is 0 Å². The van der Waals surface area contributed by atoms with Crippen LogP contribution in [0, 0.1) is 13.8 Å². The molecule has 0 spiro atoms. The first kappa shape index (κ1) is 18.5.